The van der Waals surface area contributed by atoms with Crippen molar-refractivity contribution >= 4 is 16.8 Å². The number of rotatable bonds is 5. The standard InChI is InChI=1S/C16H16N6O/c17-6-2-5-11-10-3-1-4-12(13-9-19-7-8-20-13)14(10)21-22-15(11)16(18)23/h1,3-4,7-9H,2,5-6,17H2,(H2,18,23). The third kappa shape index (κ3) is 2.86. The number of aryl methyl sites for hydroxylation is 1. The molecule has 2 aromatic heterocycles. The largest absolute Gasteiger partial charge is 0.364 e. The van der Waals surface area contributed by atoms with Crippen LogP contribution < -0.4 is 11.5 Å². The summed E-state index contributed by atoms with van der Waals surface area (Å²) in [5.74, 6) is -0.587. The zero-order valence-corrected chi connectivity index (χ0v) is 12.4. The smallest absolute Gasteiger partial charge is 0.269 e. The molecule has 0 saturated carbocycles. The normalized spacial score (nSPS) is 10.8. The zero-order chi connectivity index (χ0) is 16.2. The third-order valence-electron chi connectivity index (χ3n) is 3.60. The summed E-state index contributed by atoms with van der Waals surface area (Å²) in [6.07, 6.45) is 6.24. The fraction of sp³-hybridized carbons (Fsp3) is 0.188. The number of amides is 1. The second kappa shape index (κ2) is 6.45. The van der Waals surface area contributed by atoms with Gasteiger partial charge in [-0.2, -0.15) is 0 Å². The van der Waals surface area contributed by atoms with Gasteiger partial charge in [0.05, 0.1) is 11.9 Å². The molecule has 0 aliphatic carbocycles. The highest BCUT2D eigenvalue weighted by Gasteiger charge is 2.17. The molecule has 0 saturated heterocycles. The van der Waals surface area contributed by atoms with Crippen LogP contribution in [0, 0.1) is 0 Å². The Labute approximate surface area is 132 Å². The van der Waals surface area contributed by atoms with Crippen molar-refractivity contribution in [3.05, 3.63) is 48.0 Å². The van der Waals surface area contributed by atoms with Gasteiger partial charge in [0.15, 0.2) is 5.69 Å². The summed E-state index contributed by atoms with van der Waals surface area (Å²) in [7, 11) is 0. The molecule has 7 heteroatoms. The Morgan fingerprint density at radius 2 is 2.04 bits per heavy atom. The van der Waals surface area contributed by atoms with Crippen molar-refractivity contribution in [2.24, 2.45) is 11.5 Å². The lowest BCUT2D eigenvalue weighted by Crippen LogP contribution is -2.18. The molecule has 23 heavy (non-hydrogen) atoms. The van der Waals surface area contributed by atoms with E-state index in [1.54, 1.807) is 18.6 Å². The zero-order valence-electron chi connectivity index (χ0n) is 12.4. The van der Waals surface area contributed by atoms with Gasteiger partial charge in [0.2, 0.25) is 0 Å². The number of nitrogens with zero attached hydrogens (tertiary/aromatic N) is 4. The first kappa shape index (κ1) is 15.0. The fourth-order valence-electron chi connectivity index (χ4n) is 2.56. The first-order valence-corrected chi connectivity index (χ1v) is 7.27. The summed E-state index contributed by atoms with van der Waals surface area (Å²) in [4.78, 5) is 20.0. The number of hydrogen-bond acceptors (Lipinski definition) is 6. The Morgan fingerprint density at radius 3 is 2.74 bits per heavy atom. The summed E-state index contributed by atoms with van der Waals surface area (Å²) in [6.45, 7) is 0.520. The summed E-state index contributed by atoms with van der Waals surface area (Å²) >= 11 is 0. The van der Waals surface area contributed by atoms with Gasteiger partial charge in [-0.15, -0.1) is 10.2 Å². The summed E-state index contributed by atoms with van der Waals surface area (Å²) < 4.78 is 0. The van der Waals surface area contributed by atoms with E-state index in [0.29, 0.717) is 24.2 Å². The summed E-state index contributed by atoms with van der Waals surface area (Å²) in [6, 6.07) is 5.70. The predicted octanol–water partition coefficient (Wildman–Crippen LogP) is 1.08. The molecule has 0 bridgehead atoms. The van der Waals surface area contributed by atoms with Crippen molar-refractivity contribution in [1.29, 1.82) is 0 Å². The molecule has 4 N–H and O–H groups in total. The first-order valence-electron chi connectivity index (χ1n) is 7.27. The molecular weight excluding hydrogens is 292 g/mol. The lowest BCUT2D eigenvalue weighted by atomic mass is 9.99. The van der Waals surface area contributed by atoms with Crippen LogP contribution in [0.25, 0.3) is 22.2 Å². The molecule has 1 aromatic carbocycles. The van der Waals surface area contributed by atoms with Crippen LogP contribution in [0.5, 0.6) is 0 Å². The summed E-state index contributed by atoms with van der Waals surface area (Å²) in [5.41, 5.74) is 14.2. The fourth-order valence-corrected chi connectivity index (χ4v) is 2.56. The molecule has 2 heterocycles. The minimum Gasteiger partial charge on any atom is -0.364 e. The minimum absolute atomic E-state index is 0.197. The molecule has 0 unspecified atom stereocenters. The van der Waals surface area contributed by atoms with Crippen molar-refractivity contribution in [1.82, 2.24) is 20.2 Å². The van der Waals surface area contributed by atoms with Crippen molar-refractivity contribution < 1.29 is 4.79 Å². The number of carbonyl (C=O) groups is 1. The van der Waals surface area contributed by atoms with Gasteiger partial charge in [-0.05, 0) is 24.9 Å². The van der Waals surface area contributed by atoms with Crippen molar-refractivity contribution in [2.75, 3.05) is 6.54 Å². The van der Waals surface area contributed by atoms with Crippen molar-refractivity contribution in [3.63, 3.8) is 0 Å². The van der Waals surface area contributed by atoms with Gasteiger partial charge in [-0.3, -0.25) is 14.8 Å². The van der Waals surface area contributed by atoms with Crippen LogP contribution in [0.1, 0.15) is 22.5 Å². The number of aromatic nitrogens is 4. The van der Waals surface area contributed by atoms with Crippen LogP contribution in [0.3, 0.4) is 0 Å². The van der Waals surface area contributed by atoms with Gasteiger partial charge in [0.1, 0.15) is 5.52 Å². The van der Waals surface area contributed by atoms with E-state index in [2.05, 4.69) is 20.2 Å². The average Bonchev–Trinajstić information content (AvgIpc) is 2.59. The van der Waals surface area contributed by atoms with Gasteiger partial charge in [-0.25, -0.2) is 0 Å². The number of fused-ring (bicyclic) bond motifs is 1. The van der Waals surface area contributed by atoms with E-state index in [9.17, 15) is 4.79 Å². The Balaban J connectivity index is 2.25. The second-order valence-electron chi connectivity index (χ2n) is 5.08. The van der Waals surface area contributed by atoms with E-state index in [-0.39, 0.29) is 5.69 Å². The molecule has 0 fully saturated rings. The van der Waals surface area contributed by atoms with Crippen molar-refractivity contribution in [2.45, 2.75) is 12.8 Å². The lowest BCUT2D eigenvalue weighted by Gasteiger charge is -2.11. The highest BCUT2D eigenvalue weighted by Crippen LogP contribution is 2.28. The quantitative estimate of drug-likeness (QED) is 0.727. The topological polar surface area (TPSA) is 121 Å². The Morgan fingerprint density at radius 1 is 1.17 bits per heavy atom. The molecule has 0 radical (unpaired) electrons. The van der Waals surface area contributed by atoms with Gasteiger partial charge >= 0.3 is 0 Å². The van der Waals surface area contributed by atoms with E-state index in [1.807, 2.05) is 18.2 Å². The van der Waals surface area contributed by atoms with Crippen LogP contribution >= 0.6 is 0 Å². The van der Waals surface area contributed by atoms with Crippen LogP contribution in [0.15, 0.2) is 36.8 Å². The maximum atomic E-state index is 11.6. The monoisotopic (exact) mass is 308 g/mol. The molecule has 1 amide bonds. The average molecular weight is 308 g/mol. The van der Waals surface area contributed by atoms with Crippen LogP contribution in [0.4, 0.5) is 0 Å². The number of nitrogens with two attached hydrogens (primary N) is 2. The maximum Gasteiger partial charge on any atom is 0.269 e. The summed E-state index contributed by atoms with van der Waals surface area (Å²) in [5, 5.41) is 9.07. The van der Waals surface area contributed by atoms with E-state index < -0.39 is 5.91 Å². The van der Waals surface area contributed by atoms with Crippen molar-refractivity contribution in [3.8, 4) is 11.3 Å². The number of hydrogen-bond donors (Lipinski definition) is 2. The molecular formula is C16H16N6O. The first-order chi connectivity index (χ1) is 11.2. The highest BCUT2D eigenvalue weighted by molar-refractivity contribution is 6.00. The van der Waals surface area contributed by atoms with E-state index >= 15 is 0 Å². The van der Waals surface area contributed by atoms with E-state index in [4.69, 9.17) is 11.5 Å². The van der Waals surface area contributed by atoms with Gasteiger partial charge in [-0.1, -0.05) is 18.2 Å². The molecule has 0 aliphatic heterocycles. The Kier molecular flexibility index (Phi) is 4.20. The maximum absolute atomic E-state index is 11.6. The molecule has 0 aliphatic rings. The SMILES string of the molecule is NCCCc1c(C(N)=O)nnc2c(-c3cnccn3)cccc12. The number of primary amides is 1. The van der Waals surface area contributed by atoms with E-state index in [0.717, 1.165) is 22.9 Å². The van der Waals surface area contributed by atoms with Crippen LogP contribution in [-0.2, 0) is 6.42 Å². The minimum atomic E-state index is -0.587. The van der Waals surface area contributed by atoms with Crippen LogP contribution in [0.2, 0.25) is 0 Å². The van der Waals surface area contributed by atoms with Gasteiger partial charge < -0.3 is 11.5 Å². The molecule has 0 atom stereocenters. The Hall–Kier alpha value is -2.93. The molecule has 3 rings (SSSR count). The predicted molar refractivity (Wildman–Crippen MR) is 86.5 cm³/mol. The van der Waals surface area contributed by atoms with Gasteiger partial charge in [0.25, 0.3) is 5.91 Å². The third-order valence-corrected chi connectivity index (χ3v) is 3.60. The molecule has 3 aromatic rings. The second-order valence-corrected chi connectivity index (χ2v) is 5.08. The lowest BCUT2D eigenvalue weighted by molar-refractivity contribution is 0.0994. The van der Waals surface area contributed by atoms with Crippen LogP contribution in [-0.4, -0.2) is 32.6 Å². The Bertz CT molecular complexity index is 850. The molecule has 116 valence electrons. The highest BCUT2D eigenvalue weighted by atomic mass is 16.1. The van der Waals surface area contributed by atoms with E-state index in [1.165, 1.54) is 0 Å². The molecule has 7 nitrogen and oxygen atoms in total. The number of benzene rings is 1. The number of carbonyl (C=O) groups excluding carboxylic acids is 1. The van der Waals surface area contributed by atoms with Gasteiger partial charge in [0, 0.05) is 23.3 Å². The molecule has 0 spiro atoms.